The van der Waals surface area contributed by atoms with Crippen LogP contribution in [0.4, 0.5) is 4.79 Å². The van der Waals surface area contributed by atoms with E-state index in [1.165, 1.54) is 0 Å². The maximum atomic E-state index is 12.9. The number of urea groups is 1. The summed E-state index contributed by atoms with van der Waals surface area (Å²) in [7, 11) is 0. The Balaban J connectivity index is 1.55. The molecule has 2 N–H and O–H groups in total. The normalized spacial score (nSPS) is 30.5. The lowest BCUT2D eigenvalue weighted by atomic mass is 9.93. The molecule has 3 fully saturated rings. The highest BCUT2D eigenvalue weighted by Crippen LogP contribution is 2.42. The van der Waals surface area contributed by atoms with E-state index in [1.54, 1.807) is 9.80 Å². The number of fused-ring (bicyclic) bond motifs is 1. The molecule has 0 radical (unpaired) electrons. The quantitative estimate of drug-likeness (QED) is 0.766. The number of hydrogen-bond donors (Lipinski definition) is 2. The van der Waals surface area contributed by atoms with Crippen molar-refractivity contribution in [2.24, 2.45) is 23.7 Å². The van der Waals surface area contributed by atoms with Crippen LogP contribution < -0.4 is 5.32 Å². The lowest BCUT2D eigenvalue weighted by Gasteiger charge is -2.34. The van der Waals surface area contributed by atoms with Crippen molar-refractivity contribution in [1.82, 2.24) is 15.1 Å². The van der Waals surface area contributed by atoms with E-state index in [9.17, 15) is 19.5 Å². The van der Waals surface area contributed by atoms with Crippen LogP contribution in [0.2, 0.25) is 0 Å². The van der Waals surface area contributed by atoms with Crippen LogP contribution in [-0.2, 0) is 9.59 Å². The summed E-state index contributed by atoms with van der Waals surface area (Å²) in [6, 6.07) is -0.709. The lowest BCUT2D eigenvalue weighted by molar-refractivity contribution is -0.150. The predicted molar refractivity (Wildman–Crippen MR) is 101 cm³/mol. The first-order chi connectivity index (χ1) is 12.9. The van der Waals surface area contributed by atoms with Crippen molar-refractivity contribution in [3.63, 3.8) is 0 Å². The Morgan fingerprint density at radius 2 is 1.89 bits per heavy atom. The number of nitrogens with one attached hydrogen (secondary N) is 1. The van der Waals surface area contributed by atoms with Gasteiger partial charge in [0.15, 0.2) is 0 Å². The maximum Gasteiger partial charge on any atom is 0.326 e. The summed E-state index contributed by atoms with van der Waals surface area (Å²) in [5.41, 5.74) is 0. The van der Waals surface area contributed by atoms with Gasteiger partial charge in [0.2, 0.25) is 5.91 Å². The Morgan fingerprint density at radius 3 is 2.59 bits per heavy atom. The summed E-state index contributed by atoms with van der Waals surface area (Å²) < 4.78 is 0. The van der Waals surface area contributed by atoms with Crippen LogP contribution in [0.25, 0.3) is 0 Å². The molecule has 7 nitrogen and oxygen atoms in total. The van der Waals surface area contributed by atoms with Crippen molar-refractivity contribution in [3.05, 3.63) is 0 Å². The number of nitrogens with zero attached hydrogens (tertiary/aromatic N) is 2. The Bertz CT molecular complexity index is 580. The number of aliphatic carboxylic acids is 1. The van der Waals surface area contributed by atoms with Crippen molar-refractivity contribution >= 4 is 17.9 Å². The number of rotatable bonds is 5. The summed E-state index contributed by atoms with van der Waals surface area (Å²) in [6.07, 6.45) is 5.17. The Hall–Kier alpha value is -1.79. The Morgan fingerprint density at radius 1 is 1.11 bits per heavy atom. The SMILES string of the molecule is CC(C)CNC(=O)N1CCCC(CC(=O)N2CC3CCCC3C2C(=O)O)C1. The molecule has 4 unspecified atom stereocenters. The summed E-state index contributed by atoms with van der Waals surface area (Å²) in [4.78, 5) is 40.4. The number of carboxylic acids is 1. The van der Waals surface area contributed by atoms with Gasteiger partial charge in [-0.05, 0) is 49.4 Å². The van der Waals surface area contributed by atoms with Gasteiger partial charge in [0.1, 0.15) is 6.04 Å². The predicted octanol–water partition coefficient (Wildman–Crippen LogP) is 2.17. The average Bonchev–Trinajstić information content (AvgIpc) is 3.20. The molecule has 3 aliphatic rings. The van der Waals surface area contributed by atoms with Gasteiger partial charge in [0.05, 0.1) is 0 Å². The van der Waals surface area contributed by atoms with Gasteiger partial charge >= 0.3 is 12.0 Å². The molecular weight excluding hydrogens is 346 g/mol. The summed E-state index contributed by atoms with van der Waals surface area (Å²) in [5.74, 6) is 0.0720. The third-order valence-electron chi connectivity index (χ3n) is 6.39. The van der Waals surface area contributed by atoms with E-state index in [-0.39, 0.29) is 23.8 Å². The van der Waals surface area contributed by atoms with Gasteiger partial charge in [-0.25, -0.2) is 9.59 Å². The van der Waals surface area contributed by atoms with Gasteiger partial charge in [-0.3, -0.25) is 4.79 Å². The highest BCUT2D eigenvalue weighted by Gasteiger charge is 2.49. The average molecular weight is 380 g/mol. The van der Waals surface area contributed by atoms with E-state index in [1.807, 2.05) is 0 Å². The first kappa shape index (κ1) is 20.0. The van der Waals surface area contributed by atoms with E-state index in [0.717, 1.165) is 38.6 Å². The van der Waals surface area contributed by atoms with Crippen molar-refractivity contribution in [2.45, 2.75) is 58.4 Å². The van der Waals surface area contributed by atoms with Crippen LogP contribution in [0.5, 0.6) is 0 Å². The van der Waals surface area contributed by atoms with Crippen LogP contribution in [-0.4, -0.2) is 65.0 Å². The summed E-state index contributed by atoms with van der Waals surface area (Å²) in [5, 5.41) is 12.6. The third-order valence-corrected chi connectivity index (χ3v) is 6.39. The molecule has 1 saturated carbocycles. The lowest BCUT2D eigenvalue weighted by Crippen LogP contribution is -2.48. The maximum absolute atomic E-state index is 12.9. The molecule has 0 aromatic carbocycles. The van der Waals surface area contributed by atoms with E-state index in [0.29, 0.717) is 37.9 Å². The van der Waals surface area contributed by atoms with Crippen LogP contribution in [0.3, 0.4) is 0 Å². The number of carbonyl (C=O) groups excluding carboxylic acids is 2. The molecule has 0 spiro atoms. The van der Waals surface area contributed by atoms with Gasteiger partial charge in [-0.2, -0.15) is 0 Å². The van der Waals surface area contributed by atoms with Gasteiger partial charge < -0.3 is 20.2 Å². The van der Waals surface area contributed by atoms with Gasteiger partial charge in [-0.15, -0.1) is 0 Å². The highest BCUT2D eigenvalue weighted by atomic mass is 16.4. The van der Waals surface area contributed by atoms with E-state index >= 15 is 0 Å². The smallest absolute Gasteiger partial charge is 0.326 e. The van der Waals surface area contributed by atoms with Crippen molar-refractivity contribution in [2.75, 3.05) is 26.2 Å². The molecule has 152 valence electrons. The van der Waals surface area contributed by atoms with Crippen LogP contribution in [0, 0.1) is 23.7 Å². The minimum absolute atomic E-state index is 0.0498. The minimum Gasteiger partial charge on any atom is -0.480 e. The number of hydrogen-bond acceptors (Lipinski definition) is 3. The fourth-order valence-corrected chi connectivity index (χ4v) is 5.06. The first-order valence-corrected chi connectivity index (χ1v) is 10.4. The molecular formula is C20H33N3O4. The topological polar surface area (TPSA) is 90.0 Å². The van der Waals surface area contributed by atoms with Crippen LogP contribution in [0.1, 0.15) is 52.4 Å². The molecule has 4 atom stereocenters. The second kappa shape index (κ2) is 8.48. The van der Waals surface area contributed by atoms with Gasteiger partial charge in [0, 0.05) is 32.6 Å². The molecule has 1 aliphatic carbocycles. The zero-order chi connectivity index (χ0) is 19.6. The van der Waals surface area contributed by atoms with Crippen LogP contribution >= 0.6 is 0 Å². The van der Waals surface area contributed by atoms with Gasteiger partial charge in [0.25, 0.3) is 0 Å². The van der Waals surface area contributed by atoms with Crippen LogP contribution in [0.15, 0.2) is 0 Å². The minimum atomic E-state index is -0.865. The molecule has 0 bridgehead atoms. The summed E-state index contributed by atoms with van der Waals surface area (Å²) >= 11 is 0. The largest absolute Gasteiger partial charge is 0.480 e. The number of carbonyl (C=O) groups is 3. The zero-order valence-corrected chi connectivity index (χ0v) is 16.5. The molecule has 2 aliphatic heterocycles. The first-order valence-electron chi connectivity index (χ1n) is 10.4. The fraction of sp³-hybridized carbons (Fsp3) is 0.850. The number of likely N-dealkylation sites (tertiary alicyclic amines) is 2. The van der Waals surface area contributed by atoms with Crippen molar-refractivity contribution in [3.8, 4) is 0 Å². The molecule has 2 heterocycles. The zero-order valence-electron chi connectivity index (χ0n) is 16.5. The molecule has 2 saturated heterocycles. The Labute approximate surface area is 161 Å². The molecule has 0 aromatic heterocycles. The van der Waals surface area contributed by atoms with Crippen molar-refractivity contribution < 1.29 is 19.5 Å². The molecule has 3 rings (SSSR count). The second-order valence-electron chi connectivity index (χ2n) is 8.92. The molecule has 0 aromatic rings. The molecule has 27 heavy (non-hydrogen) atoms. The summed E-state index contributed by atoms with van der Waals surface area (Å²) in [6.45, 7) is 6.65. The monoisotopic (exact) mass is 379 g/mol. The molecule has 7 heteroatoms. The number of carboxylic acid groups (broad SMARTS) is 1. The Kier molecular flexibility index (Phi) is 6.27. The van der Waals surface area contributed by atoms with E-state index in [4.69, 9.17) is 0 Å². The van der Waals surface area contributed by atoms with Gasteiger partial charge in [-0.1, -0.05) is 20.3 Å². The second-order valence-corrected chi connectivity index (χ2v) is 8.92. The highest BCUT2D eigenvalue weighted by molar-refractivity contribution is 5.85. The van der Waals surface area contributed by atoms with E-state index in [2.05, 4.69) is 19.2 Å². The number of piperidine rings is 1. The third kappa shape index (κ3) is 4.55. The molecule has 3 amide bonds. The standard InChI is InChI=1S/C20H33N3O4/c1-13(2)10-21-20(27)22-8-4-5-14(11-22)9-17(24)23-12-15-6-3-7-16(15)18(23)19(25)26/h13-16,18H,3-12H2,1-2H3,(H,21,27)(H,25,26). The number of amides is 3. The van der Waals surface area contributed by atoms with E-state index < -0.39 is 12.0 Å². The fourth-order valence-electron chi connectivity index (χ4n) is 5.06. The van der Waals surface area contributed by atoms with Crippen molar-refractivity contribution in [1.29, 1.82) is 0 Å².